The van der Waals surface area contributed by atoms with Gasteiger partial charge in [0.2, 0.25) is 0 Å². The molecule has 1 amide bonds. The van der Waals surface area contributed by atoms with Crippen LogP contribution in [0.1, 0.15) is 35.2 Å². The van der Waals surface area contributed by atoms with Gasteiger partial charge in [-0.05, 0) is 101 Å². The number of para-hydroxylation sites is 1. The summed E-state index contributed by atoms with van der Waals surface area (Å²) in [5.41, 5.74) is 5.30. The third kappa shape index (κ3) is 7.00. The van der Waals surface area contributed by atoms with Crippen molar-refractivity contribution in [3.8, 4) is 17.2 Å². The first-order valence-electron chi connectivity index (χ1n) is 15.4. The van der Waals surface area contributed by atoms with Crippen molar-refractivity contribution in [2.24, 2.45) is 4.99 Å². The molecule has 10 heteroatoms. The van der Waals surface area contributed by atoms with Crippen LogP contribution >= 0.6 is 27.3 Å². The van der Waals surface area contributed by atoms with Gasteiger partial charge < -0.3 is 19.5 Å². The maximum Gasteiger partial charge on any atom is 0.271 e. The van der Waals surface area contributed by atoms with Gasteiger partial charge in [0.25, 0.3) is 11.5 Å². The zero-order valence-corrected chi connectivity index (χ0v) is 29.4. The molecule has 0 saturated carbocycles. The summed E-state index contributed by atoms with van der Waals surface area (Å²) in [6.45, 7) is 6.58. The number of methoxy groups -OCH3 is 1. The number of rotatable bonds is 10. The fourth-order valence-electron chi connectivity index (χ4n) is 5.50. The summed E-state index contributed by atoms with van der Waals surface area (Å²) in [6.07, 6.45) is 1.80. The molecule has 48 heavy (non-hydrogen) atoms. The van der Waals surface area contributed by atoms with Crippen LogP contribution in [-0.4, -0.2) is 30.8 Å². The first kappa shape index (κ1) is 33.0. The quantitative estimate of drug-likeness (QED) is 0.162. The molecule has 4 aromatic carbocycles. The van der Waals surface area contributed by atoms with Crippen LogP contribution in [0.4, 0.5) is 5.69 Å². The Labute approximate surface area is 290 Å². The summed E-state index contributed by atoms with van der Waals surface area (Å²) < 4.78 is 20.3. The average molecular weight is 725 g/mol. The second-order valence-electron chi connectivity index (χ2n) is 11.3. The summed E-state index contributed by atoms with van der Waals surface area (Å²) in [7, 11) is 1.57. The van der Waals surface area contributed by atoms with Crippen LogP contribution in [-0.2, 0) is 4.79 Å². The zero-order valence-electron chi connectivity index (χ0n) is 27.0. The van der Waals surface area contributed by atoms with Crippen molar-refractivity contribution >= 4 is 44.9 Å². The van der Waals surface area contributed by atoms with E-state index in [0.29, 0.717) is 55.5 Å². The number of fused-ring (bicyclic) bond motifs is 1. The summed E-state index contributed by atoms with van der Waals surface area (Å²) in [4.78, 5) is 33.1. The van der Waals surface area contributed by atoms with E-state index >= 15 is 0 Å². The number of aromatic nitrogens is 1. The number of carbonyl (C=O) groups is 1. The lowest BCUT2D eigenvalue weighted by Gasteiger charge is -2.25. The number of carbonyl (C=O) groups excluding carboxylic acids is 1. The highest BCUT2D eigenvalue weighted by Crippen LogP contribution is 2.37. The molecule has 244 valence electrons. The van der Waals surface area contributed by atoms with Crippen molar-refractivity contribution in [1.82, 2.24) is 4.57 Å². The maximum absolute atomic E-state index is 14.1. The molecule has 6 rings (SSSR count). The number of hydrogen-bond donors (Lipinski definition) is 1. The number of amides is 1. The van der Waals surface area contributed by atoms with Crippen molar-refractivity contribution in [1.29, 1.82) is 0 Å². The van der Waals surface area contributed by atoms with Gasteiger partial charge in [0.1, 0.15) is 19.0 Å². The molecule has 1 aliphatic rings. The number of benzene rings is 4. The number of allylic oxidation sites excluding steroid dienone is 1. The van der Waals surface area contributed by atoms with Gasteiger partial charge in [-0.25, -0.2) is 4.99 Å². The molecule has 1 aliphatic heterocycles. The smallest absolute Gasteiger partial charge is 0.271 e. The number of hydrogen-bond acceptors (Lipinski definition) is 7. The highest BCUT2D eigenvalue weighted by molar-refractivity contribution is 9.10. The van der Waals surface area contributed by atoms with E-state index in [2.05, 4.69) is 35.1 Å². The van der Waals surface area contributed by atoms with Gasteiger partial charge in [0.15, 0.2) is 16.3 Å². The Morgan fingerprint density at radius 3 is 2.35 bits per heavy atom. The van der Waals surface area contributed by atoms with Crippen LogP contribution in [0.2, 0.25) is 0 Å². The minimum Gasteiger partial charge on any atom is -0.493 e. The van der Waals surface area contributed by atoms with Gasteiger partial charge in [-0.1, -0.05) is 65.9 Å². The van der Waals surface area contributed by atoms with Crippen LogP contribution in [0.5, 0.6) is 17.2 Å². The molecule has 0 unspecified atom stereocenters. The van der Waals surface area contributed by atoms with Crippen molar-refractivity contribution in [3.63, 3.8) is 0 Å². The fourth-order valence-corrected chi connectivity index (χ4v) is 7.12. The average Bonchev–Trinajstić information content (AvgIpc) is 3.38. The number of halogens is 1. The molecule has 0 saturated heterocycles. The van der Waals surface area contributed by atoms with E-state index in [1.807, 2.05) is 91.0 Å². The highest BCUT2D eigenvalue weighted by atomic mass is 79.9. The molecule has 8 nitrogen and oxygen atoms in total. The molecular weight excluding hydrogens is 690 g/mol. The predicted molar refractivity (Wildman–Crippen MR) is 193 cm³/mol. The molecule has 1 N–H and O–H groups in total. The fraction of sp³-hybridized carbons (Fsp3) is 0.184. The van der Waals surface area contributed by atoms with E-state index in [-0.39, 0.29) is 11.5 Å². The number of thiazole rings is 1. The lowest BCUT2D eigenvalue weighted by molar-refractivity contribution is -0.113. The Bertz CT molecular complexity index is 2190. The highest BCUT2D eigenvalue weighted by Gasteiger charge is 2.32. The molecule has 0 aliphatic carbocycles. The molecule has 0 spiro atoms. The van der Waals surface area contributed by atoms with Gasteiger partial charge >= 0.3 is 0 Å². The van der Waals surface area contributed by atoms with Crippen molar-refractivity contribution in [2.75, 3.05) is 25.6 Å². The number of ether oxygens (including phenoxy) is 3. The third-order valence-corrected chi connectivity index (χ3v) is 9.61. The first-order chi connectivity index (χ1) is 23.2. The van der Waals surface area contributed by atoms with Crippen LogP contribution < -0.4 is 34.4 Å². The lowest BCUT2D eigenvalue weighted by atomic mass is 9.95. The topological polar surface area (TPSA) is 91.2 Å². The lowest BCUT2D eigenvalue weighted by Crippen LogP contribution is -2.40. The molecule has 2 heterocycles. The predicted octanol–water partition coefficient (Wildman–Crippen LogP) is 6.72. The number of nitrogens with zero attached hydrogens (tertiary/aromatic N) is 2. The van der Waals surface area contributed by atoms with Gasteiger partial charge in [0.05, 0.1) is 33.4 Å². The molecule has 1 atom stereocenters. The Morgan fingerprint density at radius 1 is 0.938 bits per heavy atom. The molecule has 0 bridgehead atoms. The Hall–Kier alpha value is -4.93. The van der Waals surface area contributed by atoms with Crippen molar-refractivity contribution in [3.05, 3.63) is 149 Å². The van der Waals surface area contributed by atoms with Crippen LogP contribution in [0.15, 0.2) is 117 Å². The van der Waals surface area contributed by atoms with Gasteiger partial charge in [-0.15, -0.1) is 0 Å². The van der Waals surface area contributed by atoms with Crippen LogP contribution in [0.25, 0.3) is 6.08 Å². The van der Waals surface area contributed by atoms with E-state index in [9.17, 15) is 9.59 Å². The molecule has 5 aromatic rings. The van der Waals surface area contributed by atoms with Crippen LogP contribution in [0, 0.1) is 13.8 Å². The van der Waals surface area contributed by atoms with Gasteiger partial charge in [-0.2, -0.15) is 0 Å². The molecule has 1 aromatic heterocycles. The largest absolute Gasteiger partial charge is 0.493 e. The van der Waals surface area contributed by atoms with E-state index in [0.717, 1.165) is 16.9 Å². The Balaban J connectivity index is 1.30. The summed E-state index contributed by atoms with van der Waals surface area (Å²) in [5.74, 6) is 1.52. The maximum atomic E-state index is 14.1. The van der Waals surface area contributed by atoms with Gasteiger partial charge in [-0.3, -0.25) is 14.2 Å². The first-order valence-corrected chi connectivity index (χ1v) is 17.0. The second-order valence-corrected chi connectivity index (χ2v) is 13.2. The normalized spacial score (nSPS) is 14.3. The molecule has 0 radical (unpaired) electrons. The number of nitrogens with one attached hydrogen (secondary N) is 1. The van der Waals surface area contributed by atoms with E-state index in [1.165, 1.54) is 22.5 Å². The van der Waals surface area contributed by atoms with E-state index < -0.39 is 6.04 Å². The van der Waals surface area contributed by atoms with Crippen molar-refractivity contribution < 1.29 is 19.0 Å². The van der Waals surface area contributed by atoms with E-state index in [1.54, 1.807) is 24.7 Å². The Morgan fingerprint density at radius 2 is 1.65 bits per heavy atom. The standard InChI is InChI=1S/C38H34BrN3O5S/c1-23-15-16-29(19-24(23)2)46-17-18-47-35-30(39)20-26(21-31(35)45-4)22-32-37(44)42-34(27-11-7-5-8-12-27)33(25(3)40-38(42)48-32)36(43)41-28-13-9-6-10-14-28/h5-16,19-22,34H,17-18H2,1-4H3,(H,41,43)/b32-22-/t34-/m0/s1. The van der Waals surface area contributed by atoms with Gasteiger partial charge in [0, 0.05) is 5.69 Å². The molecule has 0 fully saturated rings. The van der Waals surface area contributed by atoms with Crippen LogP contribution in [0.3, 0.4) is 0 Å². The second kappa shape index (κ2) is 14.5. The SMILES string of the molecule is COc1cc(/C=c2\sc3n(c2=O)[C@@H](c2ccccc2)C(C(=O)Nc2ccccc2)=C(C)N=3)cc(Br)c1OCCOc1ccc(C)c(C)c1. The summed E-state index contributed by atoms with van der Waals surface area (Å²) >= 11 is 4.90. The third-order valence-electron chi connectivity index (χ3n) is 8.04. The summed E-state index contributed by atoms with van der Waals surface area (Å²) in [6, 6.07) is 27.8. The van der Waals surface area contributed by atoms with E-state index in [4.69, 9.17) is 19.2 Å². The number of aryl methyl sites for hydroxylation is 2. The minimum atomic E-state index is -0.656. The van der Waals surface area contributed by atoms with Crippen molar-refractivity contribution in [2.45, 2.75) is 26.8 Å². The minimum absolute atomic E-state index is 0.246. The zero-order chi connectivity index (χ0) is 33.8. The number of anilines is 1. The summed E-state index contributed by atoms with van der Waals surface area (Å²) in [5, 5.41) is 2.98. The monoisotopic (exact) mass is 723 g/mol. The Kier molecular flexibility index (Phi) is 9.93. The molecular formula is C38H34BrN3O5S.